The Morgan fingerprint density at radius 2 is 1.90 bits per heavy atom. The van der Waals surface area contributed by atoms with Crippen LogP contribution in [0.3, 0.4) is 0 Å². The third kappa shape index (κ3) is 4.01. The molecule has 1 aromatic rings. The highest BCUT2D eigenvalue weighted by Crippen LogP contribution is 2.23. The molecule has 3 N–H and O–H groups in total. The van der Waals surface area contributed by atoms with Crippen molar-refractivity contribution in [1.82, 2.24) is 4.98 Å². The zero-order valence-corrected chi connectivity index (χ0v) is 12.1. The number of carbonyl (C=O) groups is 2. The molecule has 0 aliphatic carbocycles. The van der Waals surface area contributed by atoms with Gasteiger partial charge in [0.1, 0.15) is 19.0 Å². The molecule has 0 aromatic carbocycles. The molecule has 0 saturated carbocycles. The maximum atomic E-state index is 11.6. The normalized spacial score (nSPS) is 10.9. The number of esters is 1. The number of aromatic amines is 1. The van der Waals surface area contributed by atoms with Crippen LogP contribution in [-0.2, 0) is 9.47 Å². The molecule has 0 fully saturated rings. The summed E-state index contributed by atoms with van der Waals surface area (Å²) in [5.41, 5.74) is -2.69. The number of aromatic nitrogens is 1. The van der Waals surface area contributed by atoms with Crippen LogP contribution in [0.25, 0.3) is 0 Å². The van der Waals surface area contributed by atoms with Crippen molar-refractivity contribution in [2.45, 2.75) is 26.4 Å². The fourth-order valence-corrected chi connectivity index (χ4v) is 1.41. The van der Waals surface area contributed by atoms with Crippen LogP contribution in [0.2, 0.25) is 0 Å². The average molecular weight is 294 g/mol. The summed E-state index contributed by atoms with van der Waals surface area (Å²) in [6.07, 6.45) is -0.922. The summed E-state index contributed by atoms with van der Waals surface area (Å²) >= 11 is 0. The van der Waals surface area contributed by atoms with E-state index < -0.39 is 45.8 Å². The zero-order chi connectivity index (χ0) is 16.4. The number of rotatable bonds is 2. The number of hydrogen-bond acceptors (Lipinski definition) is 6. The summed E-state index contributed by atoms with van der Waals surface area (Å²) in [5.74, 6) is -2.14. The first-order valence-corrected chi connectivity index (χ1v) is 5.90. The summed E-state index contributed by atoms with van der Waals surface area (Å²) in [6.45, 7) is 4.91. The number of nitrogens with one attached hydrogen (secondary N) is 2. The lowest BCUT2D eigenvalue weighted by Crippen LogP contribution is -2.35. The Morgan fingerprint density at radius 3 is 2.38 bits per heavy atom. The van der Waals surface area contributed by atoms with E-state index in [-0.39, 0.29) is 0 Å². The number of hydrogen-bond donors (Lipinski definition) is 3. The third-order valence-electron chi connectivity index (χ3n) is 2.24. The van der Waals surface area contributed by atoms with Gasteiger partial charge in [0, 0.05) is 0 Å². The number of aromatic hydroxyl groups is 1. The molecule has 21 heavy (non-hydrogen) atoms. The van der Waals surface area contributed by atoms with Gasteiger partial charge in [-0.3, -0.25) is 10.1 Å². The lowest BCUT2D eigenvalue weighted by atomic mass is 9.91. The van der Waals surface area contributed by atoms with Gasteiger partial charge < -0.3 is 19.6 Å². The predicted molar refractivity (Wildman–Crippen MR) is 75.3 cm³/mol. The smallest absolute Gasteiger partial charge is 0.413 e. The molecular formula is C12H15BN2O6. The van der Waals surface area contributed by atoms with Crippen molar-refractivity contribution in [2.24, 2.45) is 0 Å². The van der Waals surface area contributed by atoms with Crippen LogP contribution in [0, 0.1) is 0 Å². The Balaban J connectivity index is 3.21. The number of anilines is 1. The minimum atomic E-state index is -1.01. The molecule has 112 valence electrons. The van der Waals surface area contributed by atoms with E-state index in [1.807, 2.05) is 0 Å². The van der Waals surface area contributed by atoms with Gasteiger partial charge in [0.15, 0.2) is 11.6 Å². The number of ether oxygens (including phenoxy) is 2. The lowest BCUT2D eigenvalue weighted by Gasteiger charge is -2.20. The molecule has 0 aliphatic rings. The van der Waals surface area contributed by atoms with Gasteiger partial charge >= 0.3 is 12.1 Å². The molecule has 0 aliphatic heterocycles. The highest BCUT2D eigenvalue weighted by atomic mass is 16.6. The van der Waals surface area contributed by atoms with Crippen molar-refractivity contribution in [3.8, 4) is 5.75 Å². The van der Waals surface area contributed by atoms with Crippen LogP contribution in [0.5, 0.6) is 5.75 Å². The second-order valence-corrected chi connectivity index (χ2v) is 5.08. The summed E-state index contributed by atoms with van der Waals surface area (Å²) in [4.78, 5) is 36.9. The second-order valence-electron chi connectivity index (χ2n) is 5.08. The quantitative estimate of drug-likeness (QED) is 0.522. The Hall–Kier alpha value is -2.45. The van der Waals surface area contributed by atoms with E-state index in [1.165, 1.54) is 0 Å². The Kier molecular flexibility index (Phi) is 4.67. The summed E-state index contributed by atoms with van der Waals surface area (Å²) in [6, 6.07) is 0. The Bertz CT molecular complexity index is 632. The predicted octanol–water partition coefficient (Wildman–Crippen LogP) is 0.00790. The molecule has 9 heteroatoms. The summed E-state index contributed by atoms with van der Waals surface area (Å²) in [5, 5.41) is 12.0. The number of H-pyrrole nitrogens is 1. The van der Waals surface area contributed by atoms with Crippen molar-refractivity contribution in [1.29, 1.82) is 0 Å². The van der Waals surface area contributed by atoms with E-state index in [0.717, 1.165) is 7.11 Å². The number of pyridine rings is 1. The molecule has 1 amide bonds. The van der Waals surface area contributed by atoms with Crippen molar-refractivity contribution < 1.29 is 24.2 Å². The van der Waals surface area contributed by atoms with Crippen LogP contribution in [0.1, 0.15) is 31.1 Å². The molecule has 8 nitrogen and oxygen atoms in total. The highest BCUT2D eigenvalue weighted by molar-refractivity contribution is 6.36. The van der Waals surface area contributed by atoms with E-state index in [1.54, 1.807) is 20.8 Å². The minimum absolute atomic E-state index is 0.413. The molecule has 0 atom stereocenters. The summed E-state index contributed by atoms with van der Waals surface area (Å²) in [7, 11) is 6.47. The van der Waals surface area contributed by atoms with Crippen molar-refractivity contribution in [3.63, 3.8) is 0 Å². The monoisotopic (exact) mass is 294 g/mol. The Morgan fingerprint density at radius 1 is 1.33 bits per heavy atom. The van der Waals surface area contributed by atoms with E-state index in [9.17, 15) is 19.5 Å². The standard InChI is InChI=1S/C12H15BN2O6/c1-12(2,3)21-11(19)15-8-7(16)5(10(18)20-4)6(13)9(17)14-8/h16H,1-4H3,(H2,14,15,17,19). The van der Waals surface area contributed by atoms with E-state index in [4.69, 9.17) is 12.6 Å². The molecule has 1 rings (SSSR count). The van der Waals surface area contributed by atoms with Gasteiger partial charge in [0.25, 0.3) is 0 Å². The van der Waals surface area contributed by atoms with E-state index >= 15 is 0 Å². The Labute approximate surface area is 121 Å². The second kappa shape index (κ2) is 5.90. The first kappa shape index (κ1) is 16.6. The molecule has 0 saturated heterocycles. The van der Waals surface area contributed by atoms with Crippen molar-refractivity contribution in [2.75, 3.05) is 12.4 Å². The number of methoxy groups -OCH3 is 1. The maximum Gasteiger partial charge on any atom is 0.413 e. The van der Waals surface area contributed by atoms with Gasteiger partial charge in [0.2, 0.25) is 5.56 Å². The van der Waals surface area contributed by atoms with Gasteiger partial charge in [-0.2, -0.15) is 0 Å². The molecule has 0 bridgehead atoms. The zero-order valence-electron chi connectivity index (χ0n) is 12.1. The van der Waals surface area contributed by atoms with Crippen LogP contribution in [0.15, 0.2) is 4.79 Å². The number of amides is 1. The fourth-order valence-electron chi connectivity index (χ4n) is 1.41. The summed E-state index contributed by atoms with van der Waals surface area (Å²) < 4.78 is 9.38. The molecule has 0 spiro atoms. The largest absolute Gasteiger partial charge is 0.504 e. The minimum Gasteiger partial charge on any atom is -0.504 e. The highest BCUT2D eigenvalue weighted by Gasteiger charge is 2.23. The molecule has 2 radical (unpaired) electrons. The maximum absolute atomic E-state index is 11.6. The number of carbonyl (C=O) groups excluding carboxylic acids is 2. The fraction of sp³-hybridized carbons (Fsp3) is 0.417. The van der Waals surface area contributed by atoms with Crippen LogP contribution in [0.4, 0.5) is 10.6 Å². The first-order chi connectivity index (χ1) is 9.56. The SMILES string of the molecule is [B]c1c(C(=O)OC)c(O)c(NC(=O)OC(C)(C)C)[nH]c1=O. The average Bonchev–Trinajstić information content (AvgIpc) is 2.33. The first-order valence-electron chi connectivity index (χ1n) is 5.90. The topological polar surface area (TPSA) is 118 Å². The van der Waals surface area contributed by atoms with E-state index in [0.29, 0.717) is 0 Å². The van der Waals surface area contributed by atoms with Crippen molar-refractivity contribution in [3.05, 3.63) is 15.9 Å². The van der Waals surface area contributed by atoms with Crippen LogP contribution < -0.4 is 16.3 Å². The van der Waals surface area contributed by atoms with Crippen LogP contribution >= 0.6 is 0 Å². The molecule has 0 unspecified atom stereocenters. The van der Waals surface area contributed by atoms with Gasteiger partial charge in [-0.15, -0.1) is 0 Å². The van der Waals surface area contributed by atoms with Crippen molar-refractivity contribution >= 4 is 31.2 Å². The molecule has 1 aromatic heterocycles. The third-order valence-corrected chi connectivity index (χ3v) is 2.24. The molecular weight excluding hydrogens is 279 g/mol. The van der Waals surface area contributed by atoms with Gasteiger partial charge in [-0.1, -0.05) is 0 Å². The van der Waals surface area contributed by atoms with E-state index in [2.05, 4.69) is 15.0 Å². The van der Waals surface area contributed by atoms with Gasteiger partial charge in [0.05, 0.1) is 7.11 Å². The van der Waals surface area contributed by atoms with Gasteiger partial charge in [-0.25, -0.2) is 9.59 Å². The van der Waals surface area contributed by atoms with Crippen LogP contribution in [-0.4, -0.2) is 42.7 Å². The lowest BCUT2D eigenvalue weighted by molar-refractivity contribution is 0.0593. The molecule has 1 heterocycles. The van der Waals surface area contributed by atoms with Gasteiger partial charge in [-0.05, 0) is 26.2 Å².